The number of rotatable bonds is 3. The summed E-state index contributed by atoms with van der Waals surface area (Å²) in [5.41, 5.74) is 11.9. The van der Waals surface area contributed by atoms with Crippen LogP contribution < -0.4 is 5.73 Å². The van der Waals surface area contributed by atoms with Gasteiger partial charge in [0.05, 0.1) is 11.4 Å². The maximum absolute atomic E-state index is 5.77. The average molecular weight is 356 g/mol. The smallest absolute Gasteiger partial charge is 0.159 e. The van der Waals surface area contributed by atoms with Gasteiger partial charge in [-0.15, -0.1) is 0 Å². The number of nitrogens with zero attached hydrogens (tertiary/aromatic N) is 5. The lowest BCUT2D eigenvalue weighted by Crippen LogP contribution is -2.31. The SMILES string of the molecule is Nc1ccc(-c2ncc3c(n2)CCN(Cc2cn4ccccc4n2)C3)cc1. The molecule has 6 heteroatoms. The van der Waals surface area contributed by atoms with Crippen molar-refractivity contribution in [1.82, 2.24) is 24.3 Å². The van der Waals surface area contributed by atoms with E-state index in [1.165, 1.54) is 5.56 Å². The van der Waals surface area contributed by atoms with Gasteiger partial charge in [0.1, 0.15) is 5.65 Å². The zero-order chi connectivity index (χ0) is 18.2. The normalized spacial score (nSPS) is 14.4. The molecule has 4 aromatic rings. The molecule has 134 valence electrons. The zero-order valence-corrected chi connectivity index (χ0v) is 14.9. The number of hydrogen-bond donors (Lipinski definition) is 1. The van der Waals surface area contributed by atoms with Gasteiger partial charge >= 0.3 is 0 Å². The van der Waals surface area contributed by atoms with Crippen molar-refractivity contribution in [3.8, 4) is 11.4 Å². The van der Waals surface area contributed by atoms with Gasteiger partial charge < -0.3 is 10.1 Å². The number of pyridine rings is 1. The van der Waals surface area contributed by atoms with Crippen molar-refractivity contribution < 1.29 is 0 Å². The molecule has 1 aromatic carbocycles. The lowest BCUT2D eigenvalue weighted by Gasteiger charge is -2.27. The highest BCUT2D eigenvalue weighted by molar-refractivity contribution is 5.58. The first kappa shape index (κ1) is 16.0. The summed E-state index contributed by atoms with van der Waals surface area (Å²) in [6.07, 6.45) is 7.02. The number of benzene rings is 1. The highest BCUT2D eigenvalue weighted by Gasteiger charge is 2.19. The summed E-state index contributed by atoms with van der Waals surface area (Å²) in [6.45, 7) is 2.66. The van der Waals surface area contributed by atoms with Gasteiger partial charge in [0, 0.05) is 61.5 Å². The van der Waals surface area contributed by atoms with E-state index in [-0.39, 0.29) is 0 Å². The summed E-state index contributed by atoms with van der Waals surface area (Å²) in [4.78, 5) is 16.5. The predicted octanol–water partition coefficient (Wildman–Crippen LogP) is 2.93. The molecule has 5 rings (SSSR count). The second kappa shape index (κ2) is 6.48. The highest BCUT2D eigenvalue weighted by Crippen LogP contribution is 2.22. The zero-order valence-electron chi connectivity index (χ0n) is 14.9. The minimum atomic E-state index is 0.749. The maximum atomic E-state index is 5.77. The Balaban J connectivity index is 1.34. The van der Waals surface area contributed by atoms with Gasteiger partial charge in [-0.1, -0.05) is 6.07 Å². The summed E-state index contributed by atoms with van der Waals surface area (Å²) >= 11 is 0. The van der Waals surface area contributed by atoms with Crippen molar-refractivity contribution in [3.63, 3.8) is 0 Å². The molecule has 0 bridgehead atoms. The molecule has 0 atom stereocenters. The third-order valence-electron chi connectivity index (χ3n) is 4.98. The van der Waals surface area contributed by atoms with Gasteiger partial charge in [-0.3, -0.25) is 4.90 Å². The summed E-state index contributed by atoms with van der Waals surface area (Å²) in [5.74, 6) is 0.766. The molecule has 0 fully saturated rings. The molecular weight excluding hydrogens is 336 g/mol. The molecule has 27 heavy (non-hydrogen) atoms. The lowest BCUT2D eigenvalue weighted by molar-refractivity contribution is 0.240. The van der Waals surface area contributed by atoms with Crippen LogP contribution in [0.3, 0.4) is 0 Å². The van der Waals surface area contributed by atoms with Gasteiger partial charge in [0.15, 0.2) is 5.82 Å². The first-order chi connectivity index (χ1) is 13.2. The summed E-state index contributed by atoms with van der Waals surface area (Å²) < 4.78 is 2.06. The minimum Gasteiger partial charge on any atom is -0.399 e. The Morgan fingerprint density at radius 1 is 1.04 bits per heavy atom. The second-order valence-corrected chi connectivity index (χ2v) is 6.95. The van der Waals surface area contributed by atoms with Crippen molar-refractivity contribution >= 4 is 11.3 Å². The van der Waals surface area contributed by atoms with Crippen LogP contribution in [0.5, 0.6) is 0 Å². The monoisotopic (exact) mass is 356 g/mol. The molecule has 0 saturated carbocycles. The fourth-order valence-electron chi connectivity index (χ4n) is 3.57. The average Bonchev–Trinajstić information content (AvgIpc) is 3.10. The van der Waals surface area contributed by atoms with Crippen molar-refractivity contribution in [2.75, 3.05) is 12.3 Å². The van der Waals surface area contributed by atoms with E-state index in [9.17, 15) is 0 Å². The lowest BCUT2D eigenvalue weighted by atomic mass is 10.1. The topological polar surface area (TPSA) is 72.3 Å². The maximum Gasteiger partial charge on any atom is 0.159 e. The first-order valence-corrected chi connectivity index (χ1v) is 9.10. The van der Waals surface area contributed by atoms with Gasteiger partial charge in [-0.05, 0) is 36.4 Å². The standard InChI is InChI=1S/C21H20N6/c22-17-6-4-15(5-7-17)21-23-11-16-12-26(10-8-19(16)25-21)13-18-14-27-9-2-1-3-20(27)24-18/h1-7,9,11,14H,8,10,12-13,22H2. The van der Waals surface area contributed by atoms with E-state index in [1.54, 1.807) is 0 Å². The van der Waals surface area contributed by atoms with Crippen molar-refractivity contribution in [2.24, 2.45) is 0 Å². The Hall–Kier alpha value is -3.25. The molecule has 1 aliphatic rings. The third kappa shape index (κ3) is 3.15. The molecule has 6 nitrogen and oxygen atoms in total. The van der Waals surface area contributed by atoms with Crippen LogP contribution in [0.2, 0.25) is 0 Å². The number of fused-ring (bicyclic) bond motifs is 2. The molecule has 0 saturated heterocycles. The molecular formula is C21H20N6. The molecule has 3 aromatic heterocycles. The Bertz CT molecular complexity index is 1070. The molecule has 1 aliphatic heterocycles. The largest absolute Gasteiger partial charge is 0.399 e. The van der Waals surface area contributed by atoms with E-state index in [2.05, 4.69) is 20.5 Å². The Labute approximate surface area is 157 Å². The van der Waals surface area contributed by atoms with Gasteiger partial charge in [0.2, 0.25) is 0 Å². The fourth-order valence-corrected chi connectivity index (χ4v) is 3.57. The van der Waals surface area contributed by atoms with Crippen LogP contribution in [0, 0.1) is 0 Å². The van der Waals surface area contributed by atoms with Crippen LogP contribution in [0.4, 0.5) is 5.69 Å². The number of hydrogen-bond acceptors (Lipinski definition) is 5. The molecule has 0 amide bonds. The van der Waals surface area contributed by atoms with E-state index in [4.69, 9.17) is 15.7 Å². The number of nitrogens with two attached hydrogens (primary N) is 1. The molecule has 2 N–H and O–H groups in total. The quantitative estimate of drug-likeness (QED) is 0.572. The van der Waals surface area contributed by atoms with Crippen LogP contribution >= 0.6 is 0 Å². The van der Waals surface area contributed by atoms with E-state index >= 15 is 0 Å². The van der Waals surface area contributed by atoms with E-state index in [1.807, 2.05) is 54.9 Å². The summed E-state index contributed by atoms with van der Waals surface area (Å²) in [5, 5.41) is 0. The summed E-state index contributed by atoms with van der Waals surface area (Å²) in [6, 6.07) is 13.8. The number of anilines is 1. The van der Waals surface area contributed by atoms with E-state index < -0.39 is 0 Å². The van der Waals surface area contributed by atoms with Gasteiger partial charge in [-0.2, -0.15) is 0 Å². The summed E-state index contributed by atoms with van der Waals surface area (Å²) in [7, 11) is 0. The van der Waals surface area contributed by atoms with Gasteiger partial charge in [-0.25, -0.2) is 15.0 Å². The predicted molar refractivity (Wildman–Crippen MR) is 105 cm³/mol. The molecule has 0 spiro atoms. The van der Waals surface area contributed by atoms with E-state index in [0.29, 0.717) is 0 Å². The van der Waals surface area contributed by atoms with Crippen LogP contribution in [0.25, 0.3) is 17.0 Å². The van der Waals surface area contributed by atoms with E-state index in [0.717, 1.165) is 60.2 Å². The Morgan fingerprint density at radius 3 is 2.78 bits per heavy atom. The van der Waals surface area contributed by atoms with Crippen LogP contribution in [-0.4, -0.2) is 30.8 Å². The van der Waals surface area contributed by atoms with Crippen LogP contribution in [0.1, 0.15) is 17.0 Å². The highest BCUT2D eigenvalue weighted by atomic mass is 15.2. The molecule has 0 unspecified atom stereocenters. The number of nitrogen functional groups attached to an aromatic ring is 1. The number of imidazole rings is 1. The Morgan fingerprint density at radius 2 is 1.93 bits per heavy atom. The Kier molecular flexibility index (Phi) is 3.83. The van der Waals surface area contributed by atoms with Gasteiger partial charge in [0.25, 0.3) is 0 Å². The minimum absolute atomic E-state index is 0.749. The first-order valence-electron chi connectivity index (χ1n) is 9.10. The van der Waals surface area contributed by atoms with Crippen LogP contribution in [-0.2, 0) is 19.5 Å². The fraction of sp³-hybridized carbons (Fsp3) is 0.190. The number of aromatic nitrogens is 4. The molecule has 4 heterocycles. The second-order valence-electron chi connectivity index (χ2n) is 6.95. The van der Waals surface area contributed by atoms with Crippen LogP contribution in [0.15, 0.2) is 61.1 Å². The molecule has 0 aliphatic carbocycles. The van der Waals surface area contributed by atoms with Crippen molar-refractivity contribution in [1.29, 1.82) is 0 Å². The van der Waals surface area contributed by atoms with Crippen molar-refractivity contribution in [3.05, 3.63) is 78.0 Å². The van der Waals surface area contributed by atoms with Crippen molar-refractivity contribution in [2.45, 2.75) is 19.5 Å². The molecule has 0 radical (unpaired) electrons. The third-order valence-corrected chi connectivity index (χ3v) is 4.98.